The van der Waals surface area contributed by atoms with Gasteiger partial charge in [0.15, 0.2) is 0 Å². The molecule has 2 fully saturated rings. The molecule has 0 aliphatic carbocycles. The van der Waals surface area contributed by atoms with E-state index in [2.05, 4.69) is 5.32 Å². The Morgan fingerprint density at radius 1 is 1.19 bits per heavy atom. The third kappa shape index (κ3) is 4.00. The summed E-state index contributed by atoms with van der Waals surface area (Å²) in [4.78, 5) is 53.4. The minimum Gasteiger partial charge on any atom is -0.465 e. The van der Waals surface area contributed by atoms with E-state index in [-0.39, 0.29) is 30.3 Å². The maximum absolute atomic E-state index is 13.2. The SMILES string of the molecule is COC(=O)c1cccc(C(=O)N2CCC([C@]3(C)NC(=O)N(Cc4ccsc4)C3=O)CC2)c1. The molecular weight excluding hydrogens is 430 g/mol. The maximum atomic E-state index is 13.2. The van der Waals surface area contributed by atoms with Crippen molar-refractivity contribution in [1.82, 2.24) is 15.1 Å². The zero-order valence-electron chi connectivity index (χ0n) is 18.0. The number of benzene rings is 1. The number of thiophene rings is 1. The molecule has 2 aliphatic rings. The molecule has 4 amide bonds. The van der Waals surface area contributed by atoms with Gasteiger partial charge in [-0.3, -0.25) is 14.5 Å². The Balaban J connectivity index is 1.41. The van der Waals surface area contributed by atoms with Crippen LogP contribution in [0, 0.1) is 5.92 Å². The zero-order chi connectivity index (χ0) is 22.9. The average molecular weight is 456 g/mol. The molecule has 8 nitrogen and oxygen atoms in total. The van der Waals surface area contributed by atoms with E-state index >= 15 is 0 Å². The highest BCUT2D eigenvalue weighted by Crippen LogP contribution is 2.34. The Bertz CT molecular complexity index is 1050. The van der Waals surface area contributed by atoms with Gasteiger partial charge in [0.05, 0.1) is 19.2 Å². The van der Waals surface area contributed by atoms with E-state index in [1.807, 2.05) is 16.8 Å². The predicted molar refractivity (Wildman–Crippen MR) is 118 cm³/mol. The number of nitrogens with zero attached hydrogens (tertiary/aromatic N) is 2. The predicted octanol–water partition coefficient (Wildman–Crippen LogP) is 2.90. The number of methoxy groups -OCH3 is 1. The molecule has 0 radical (unpaired) electrons. The smallest absolute Gasteiger partial charge is 0.337 e. The number of hydrogen-bond donors (Lipinski definition) is 1. The Morgan fingerprint density at radius 2 is 1.91 bits per heavy atom. The van der Waals surface area contributed by atoms with Crippen LogP contribution in [0.5, 0.6) is 0 Å². The van der Waals surface area contributed by atoms with E-state index in [1.165, 1.54) is 29.4 Å². The van der Waals surface area contributed by atoms with Crippen LogP contribution in [0.4, 0.5) is 4.79 Å². The van der Waals surface area contributed by atoms with E-state index in [9.17, 15) is 19.2 Å². The van der Waals surface area contributed by atoms with Gasteiger partial charge in [0.25, 0.3) is 11.8 Å². The second kappa shape index (κ2) is 8.74. The minimum absolute atomic E-state index is 0.0723. The first-order valence-corrected chi connectivity index (χ1v) is 11.4. The monoisotopic (exact) mass is 455 g/mol. The zero-order valence-corrected chi connectivity index (χ0v) is 18.8. The van der Waals surface area contributed by atoms with Crippen molar-refractivity contribution in [3.05, 3.63) is 57.8 Å². The topological polar surface area (TPSA) is 96.0 Å². The van der Waals surface area contributed by atoms with Gasteiger partial charge in [-0.1, -0.05) is 6.07 Å². The Hall–Kier alpha value is -3.20. The van der Waals surface area contributed by atoms with Crippen LogP contribution in [-0.4, -0.2) is 59.4 Å². The number of carbonyl (C=O) groups excluding carboxylic acids is 4. The number of ether oxygens (including phenoxy) is 1. The van der Waals surface area contributed by atoms with Crippen LogP contribution < -0.4 is 5.32 Å². The third-order valence-electron chi connectivity index (χ3n) is 6.35. The van der Waals surface area contributed by atoms with Crippen LogP contribution in [-0.2, 0) is 16.1 Å². The summed E-state index contributed by atoms with van der Waals surface area (Å²) in [5.74, 6) is -0.949. The lowest BCUT2D eigenvalue weighted by molar-refractivity contribution is -0.133. The molecule has 2 aliphatic heterocycles. The lowest BCUT2D eigenvalue weighted by atomic mass is 9.78. The van der Waals surface area contributed by atoms with Crippen molar-refractivity contribution < 1.29 is 23.9 Å². The number of amides is 4. The van der Waals surface area contributed by atoms with Gasteiger partial charge in [-0.05, 0) is 66.3 Å². The van der Waals surface area contributed by atoms with Crippen molar-refractivity contribution >= 4 is 35.2 Å². The van der Waals surface area contributed by atoms with Gasteiger partial charge in [-0.15, -0.1) is 0 Å². The van der Waals surface area contributed by atoms with Gasteiger partial charge in [0.2, 0.25) is 0 Å². The molecule has 168 valence electrons. The average Bonchev–Trinajstić information content (AvgIpc) is 3.41. The first kappa shape index (κ1) is 22.0. The number of nitrogens with one attached hydrogen (secondary N) is 1. The fraction of sp³-hybridized carbons (Fsp3) is 0.391. The summed E-state index contributed by atoms with van der Waals surface area (Å²) < 4.78 is 4.73. The molecule has 0 bridgehead atoms. The van der Waals surface area contributed by atoms with E-state index in [0.29, 0.717) is 37.1 Å². The van der Waals surface area contributed by atoms with Crippen molar-refractivity contribution in [3.63, 3.8) is 0 Å². The molecule has 0 saturated carbocycles. The lowest BCUT2D eigenvalue weighted by Gasteiger charge is -2.39. The van der Waals surface area contributed by atoms with Crippen LogP contribution >= 0.6 is 11.3 Å². The van der Waals surface area contributed by atoms with Gasteiger partial charge < -0.3 is 15.0 Å². The molecule has 4 rings (SSSR count). The number of imide groups is 1. The number of hydrogen-bond acceptors (Lipinski definition) is 6. The third-order valence-corrected chi connectivity index (χ3v) is 7.08. The standard InChI is InChI=1S/C23H25N3O5S/c1-23(21(29)26(22(30)24-23)13-15-8-11-32-14-15)18-6-9-25(10-7-18)19(27)16-4-3-5-17(12-16)20(28)31-2/h3-5,8,11-12,14,18H,6-7,9-10,13H2,1-2H3,(H,24,30)/t23-/m0/s1. The summed E-state index contributed by atoms with van der Waals surface area (Å²) >= 11 is 1.53. The summed E-state index contributed by atoms with van der Waals surface area (Å²) in [7, 11) is 1.30. The highest BCUT2D eigenvalue weighted by molar-refractivity contribution is 7.07. The fourth-order valence-corrected chi connectivity index (χ4v) is 5.10. The number of carbonyl (C=O) groups is 4. The summed E-state index contributed by atoms with van der Waals surface area (Å²) in [6.45, 7) is 2.98. The molecule has 2 saturated heterocycles. The van der Waals surface area contributed by atoms with Gasteiger partial charge in [0.1, 0.15) is 5.54 Å². The molecular formula is C23H25N3O5S. The van der Waals surface area contributed by atoms with Crippen molar-refractivity contribution in [2.45, 2.75) is 31.8 Å². The van der Waals surface area contributed by atoms with Gasteiger partial charge in [0, 0.05) is 18.7 Å². The van der Waals surface area contributed by atoms with Crippen LogP contribution in [0.15, 0.2) is 41.1 Å². The van der Waals surface area contributed by atoms with E-state index in [0.717, 1.165) is 5.56 Å². The van der Waals surface area contributed by atoms with E-state index < -0.39 is 11.5 Å². The molecule has 1 atom stereocenters. The quantitative estimate of drug-likeness (QED) is 0.553. The summed E-state index contributed by atoms with van der Waals surface area (Å²) in [6.07, 6.45) is 1.19. The molecule has 2 aromatic rings. The molecule has 1 aromatic heterocycles. The second-order valence-electron chi connectivity index (χ2n) is 8.29. The minimum atomic E-state index is -0.979. The van der Waals surface area contributed by atoms with Gasteiger partial charge in [-0.2, -0.15) is 11.3 Å². The molecule has 32 heavy (non-hydrogen) atoms. The number of esters is 1. The molecule has 0 spiro atoms. The Kier molecular flexibility index (Phi) is 6.01. The molecule has 1 N–H and O–H groups in total. The van der Waals surface area contributed by atoms with Crippen molar-refractivity contribution in [2.75, 3.05) is 20.2 Å². The molecule has 0 unspecified atom stereocenters. The maximum Gasteiger partial charge on any atom is 0.337 e. The molecule has 9 heteroatoms. The summed E-state index contributed by atoms with van der Waals surface area (Å²) in [5.41, 5.74) is 0.695. The summed E-state index contributed by atoms with van der Waals surface area (Å²) in [5, 5.41) is 6.74. The first-order valence-electron chi connectivity index (χ1n) is 10.5. The fourth-order valence-electron chi connectivity index (χ4n) is 4.44. The van der Waals surface area contributed by atoms with Crippen molar-refractivity contribution in [1.29, 1.82) is 0 Å². The normalized spacial score (nSPS) is 21.6. The van der Waals surface area contributed by atoms with Gasteiger partial charge in [-0.25, -0.2) is 9.59 Å². The number of likely N-dealkylation sites (tertiary alicyclic amines) is 1. The van der Waals surface area contributed by atoms with E-state index in [1.54, 1.807) is 30.0 Å². The summed E-state index contributed by atoms with van der Waals surface area (Å²) in [6, 6.07) is 7.99. The van der Waals surface area contributed by atoms with Crippen LogP contribution in [0.25, 0.3) is 0 Å². The largest absolute Gasteiger partial charge is 0.465 e. The Labute approximate surface area is 190 Å². The number of rotatable bonds is 5. The highest BCUT2D eigenvalue weighted by atomic mass is 32.1. The number of piperidine rings is 1. The van der Waals surface area contributed by atoms with Crippen LogP contribution in [0.2, 0.25) is 0 Å². The van der Waals surface area contributed by atoms with Crippen molar-refractivity contribution in [2.24, 2.45) is 5.92 Å². The van der Waals surface area contributed by atoms with Crippen LogP contribution in [0.3, 0.4) is 0 Å². The Morgan fingerprint density at radius 3 is 2.56 bits per heavy atom. The first-order chi connectivity index (χ1) is 15.3. The van der Waals surface area contributed by atoms with Gasteiger partial charge >= 0.3 is 12.0 Å². The van der Waals surface area contributed by atoms with E-state index in [4.69, 9.17) is 4.74 Å². The molecule has 3 heterocycles. The van der Waals surface area contributed by atoms with Crippen molar-refractivity contribution in [3.8, 4) is 0 Å². The molecule has 1 aromatic carbocycles. The highest BCUT2D eigenvalue weighted by Gasteiger charge is 2.52. The lowest BCUT2D eigenvalue weighted by Crippen LogP contribution is -2.54. The van der Waals surface area contributed by atoms with Crippen LogP contribution in [0.1, 0.15) is 46.0 Å². The number of urea groups is 1. The second-order valence-corrected chi connectivity index (χ2v) is 9.07.